The summed E-state index contributed by atoms with van der Waals surface area (Å²) >= 11 is 5.95. The van der Waals surface area contributed by atoms with Gasteiger partial charge in [-0.3, -0.25) is 0 Å². The van der Waals surface area contributed by atoms with Gasteiger partial charge in [-0.15, -0.1) is 0 Å². The monoisotopic (exact) mass is 239 g/mol. The maximum Gasteiger partial charge on any atom is 0.123 e. The second-order valence-corrected chi connectivity index (χ2v) is 4.43. The van der Waals surface area contributed by atoms with Crippen LogP contribution >= 0.6 is 11.6 Å². The van der Waals surface area contributed by atoms with Crippen LogP contribution in [0.5, 0.6) is 5.75 Å². The molecule has 1 aromatic rings. The van der Waals surface area contributed by atoms with Crippen molar-refractivity contribution in [3.63, 3.8) is 0 Å². The molecule has 0 amide bonds. The van der Waals surface area contributed by atoms with E-state index in [1.165, 1.54) is 0 Å². The highest BCUT2D eigenvalue weighted by Crippen LogP contribution is 2.25. The molecule has 0 aliphatic carbocycles. The Morgan fingerprint density at radius 3 is 2.75 bits per heavy atom. The van der Waals surface area contributed by atoms with Gasteiger partial charge in [0.25, 0.3) is 0 Å². The third-order valence-electron chi connectivity index (χ3n) is 2.21. The van der Waals surface area contributed by atoms with E-state index in [2.05, 4.69) is 6.58 Å². The molecule has 0 saturated carbocycles. The van der Waals surface area contributed by atoms with Gasteiger partial charge in [-0.1, -0.05) is 24.3 Å². The SMILES string of the molecule is C=CC(C)Oc1ccc(Cl)cc1CC(C)N. The first-order valence-corrected chi connectivity index (χ1v) is 5.74. The van der Waals surface area contributed by atoms with Crippen LogP contribution in [0.2, 0.25) is 5.02 Å². The Morgan fingerprint density at radius 2 is 2.19 bits per heavy atom. The fourth-order valence-electron chi connectivity index (χ4n) is 1.42. The van der Waals surface area contributed by atoms with Crippen molar-refractivity contribution < 1.29 is 4.74 Å². The number of nitrogens with two attached hydrogens (primary N) is 1. The minimum absolute atomic E-state index is 0.0204. The molecular weight excluding hydrogens is 222 g/mol. The van der Waals surface area contributed by atoms with E-state index in [1.54, 1.807) is 6.08 Å². The van der Waals surface area contributed by atoms with Gasteiger partial charge < -0.3 is 10.5 Å². The van der Waals surface area contributed by atoms with Gasteiger partial charge in [0.15, 0.2) is 0 Å². The largest absolute Gasteiger partial charge is 0.486 e. The standard InChI is InChI=1S/C13H18ClNO/c1-4-10(3)16-13-6-5-12(14)8-11(13)7-9(2)15/h4-6,8-10H,1,7,15H2,2-3H3. The number of hydrogen-bond donors (Lipinski definition) is 1. The summed E-state index contributed by atoms with van der Waals surface area (Å²) < 4.78 is 5.72. The van der Waals surface area contributed by atoms with Crippen LogP contribution in [0.15, 0.2) is 30.9 Å². The van der Waals surface area contributed by atoms with E-state index in [0.29, 0.717) is 5.02 Å². The van der Waals surface area contributed by atoms with Crippen LogP contribution in [-0.4, -0.2) is 12.1 Å². The quantitative estimate of drug-likeness (QED) is 0.801. The molecule has 0 aromatic heterocycles. The Kier molecular flexibility index (Phi) is 4.84. The second kappa shape index (κ2) is 5.92. The zero-order chi connectivity index (χ0) is 12.1. The summed E-state index contributed by atoms with van der Waals surface area (Å²) in [6.45, 7) is 7.59. The van der Waals surface area contributed by atoms with E-state index >= 15 is 0 Å². The third kappa shape index (κ3) is 3.87. The van der Waals surface area contributed by atoms with E-state index < -0.39 is 0 Å². The first kappa shape index (κ1) is 13.1. The van der Waals surface area contributed by atoms with Crippen LogP contribution < -0.4 is 10.5 Å². The van der Waals surface area contributed by atoms with Gasteiger partial charge in [0, 0.05) is 11.1 Å². The summed E-state index contributed by atoms with van der Waals surface area (Å²) in [6.07, 6.45) is 2.48. The zero-order valence-electron chi connectivity index (χ0n) is 9.74. The molecule has 2 nitrogen and oxygen atoms in total. The molecule has 0 saturated heterocycles. The van der Waals surface area contributed by atoms with Crippen LogP contribution in [0.25, 0.3) is 0 Å². The number of halogens is 1. The molecule has 1 aromatic carbocycles. The van der Waals surface area contributed by atoms with Gasteiger partial charge in [-0.05, 0) is 44.0 Å². The Hall–Kier alpha value is -0.990. The fraction of sp³-hybridized carbons (Fsp3) is 0.385. The lowest BCUT2D eigenvalue weighted by Gasteiger charge is -2.16. The van der Waals surface area contributed by atoms with Gasteiger partial charge in [0.2, 0.25) is 0 Å². The van der Waals surface area contributed by atoms with E-state index in [0.717, 1.165) is 17.7 Å². The molecule has 0 aliphatic rings. The first-order chi connectivity index (χ1) is 7.52. The minimum atomic E-state index is -0.0204. The van der Waals surface area contributed by atoms with Crippen molar-refractivity contribution in [2.75, 3.05) is 0 Å². The predicted molar refractivity (Wildman–Crippen MR) is 69.1 cm³/mol. The van der Waals surface area contributed by atoms with Gasteiger partial charge in [0.1, 0.15) is 11.9 Å². The van der Waals surface area contributed by atoms with Gasteiger partial charge >= 0.3 is 0 Å². The summed E-state index contributed by atoms with van der Waals surface area (Å²) in [4.78, 5) is 0. The number of rotatable bonds is 5. The van der Waals surface area contributed by atoms with Crippen molar-refractivity contribution in [1.82, 2.24) is 0 Å². The summed E-state index contributed by atoms with van der Waals surface area (Å²) in [5, 5.41) is 0.703. The first-order valence-electron chi connectivity index (χ1n) is 5.36. The Bertz CT molecular complexity index is 363. The normalized spacial score (nSPS) is 14.2. The maximum atomic E-state index is 5.95. The summed E-state index contributed by atoms with van der Waals surface area (Å²) in [7, 11) is 0. The lowest BCUT2D eigenvalue weighted by atomic mass is 10.1. The number of benzene rings is 1. The average molecular weight is 240 g/mol. The maximum absolute atomic E-state index is 5.95. The van der Waals surface area contributed by atoms with Gasteiger partial charge in [0.05, 0.1) is 0 Å². The van der Waals surface area contributed by atoms with Crippen molar-refractivity contribution in [1.29, 1.82) is 0 Å². The molecule has 0 bridgehead atoms. The molecule has 1 rings (SSSR count). The highest BCUT2D eigenvalue weighted by Gasteiger charge is 2.08. The molecule has 2 unspecified atom stereocenters. The van der Waals surface area contributed by atoms with Crippen molar-refractivity contribution in [3.8, 4) is 5.75 Å². The topological polar surface area (TPSA) is 35.2 Å². The average Bonchev–Trinajstić information content (AvgIpc) is 2.21. The molecular formula is C13H18ClNO. The molecule has 3 heteroatoms. The van der Waals surface area contributed by atoms with Crippen LogP contribution in [0.1, 0.15) is 19.4 Å². The fourth-order valence-corrected chi connectivity index (χ4v) is 1.61. The van der Waals surface area contributed by atoms with Gasteiger partial charge in [-0.2, -0.15) is 0 Å². The van der Waals surface area contributed by atoms with Crippen LogP contribution in [0.4, 0.5) is 0 Å². The minimum Gasteiger partial charge on any atom is -0.486 e. The highest BCUT2D eigenvalue weighted by molar-refractivity contribution is 6.30. The van der Waals surface area contributed by atoms with E-state index in [9.17, 15) is 0 Å². The summed E-state index contributed by atoms with van der Waals surface area (Å²) in [5.74, 6) is 0.828. The molecule has 16 heavy (non-hydrogen) atoms. The third-order valence-corrected chi connectivity index (χ3v) is 2.44. The zero-order valence-corrected chi connectivity index (χ0v) is 10.5. The second-order valence-electron chi connectivity index (χ2n) is 3.99. The number of hydrogen-bond acceptors (Lipinski definition) is 2. The van der Waals surface area contributed by atoms with E-state index in [1.807, 2.05) is 32.0 Å². The predicted octanol–water partition coefficient (Wildman–Crippen LogP) is 3.18. The molecule has 2 atom stereocenters. The lowest BCUT2D eigenvalue weighted by Crippen LogP contribution is -2.19. The summed E-state index contributed by atoms with van der Waals surface area (Å²) in [5.41, 5.74) is 6.83. The molecule has 0 fully saturated rings. The molecule has 88 valence electrons. The highest BCUT2D eigenvalue weighted by atomic mass is 35.5. The van der Waals surface area contributed by atoms with E-state index in [4.69, 9.17) is 22.1 Å². The van der Waals surface area contributed by atoms with E-state index in [-0.39, 0.29) is 12.1 Å². The van der Waals surface area contributed by atoms with Crippen molar-refractivity contribution in [2.24, 2.45) is 5.73 Å². The van der Waals surface area contributed by atoms with Gasteiger partial charge in [-0.25, -0.2) is 0 Å². The Balaban J connectivity index is 2.92. The van der Waals surface area contributed by atoms with Crippen molar-refractivity contribution >= 4 is 11.6 Å². The Labute approximate surface area is 102 Å². The Morgan fingerprint density at radius 1 is 1.50 bits per heavy atom. The van der Waals surface area contributed by atoms with Crippen LogP contribution in [-0.2, 0) is 6.42 Å². The lowest BCUT2D eigenvalue weighted by molar-refractivity contribution is 0.267. The molecule has 0 radical (unpaired) electrons. The molecule has 2 N–H and O–H groups in total. The summed E-state index contributed by atoms with van der Waals surface area (Å²) in [6, 6.07) is 5.67. The van der Waals surface area contributed by atoms with Crippen LogP contribution in [0, 0.1) is 0 Å². The molecule has 0 aliphatic heterocycles. The number of ether oxygens (including phenoxy) is 1. The smallest absolute Gasteiger partial charge is 0.123 e. The van der Waals surface area contributed by atoms with Crippen molar-refractivity contribution in [3.05, 3.63) is 41.4 Å². The molecule has 0 heterocycles. The van der Waals surface area contributed by atoms with Crippen LogP contribution in [0.3, 0.4) is 0 Å². The van der Waals surface area contributed by atoms with Crippen molar-refractivity contribution in [2.45, 2.75) is 32.4 Å². The molecule has 0 spiro atoms.